The van der Waals surface area contributed by atoms with Crippen LogP contribution >= 0.6 is 22.6 Å². The van der Waals surface area contributed by atoms with E-state index < -0.39 is 0 Å². The van der Waals surface area contributed by atoms with Crippen molar-refractivity contribution in [1.82, 2.24) is 0 Å². The van der Waals surface area contributed by atoms with Gasteiger partial charge in [0.2, 0.25) is 0 Å². The molecular weight excluding hydrogens is 367 g/mol. The normalized spacial score (nSPS) is 13.8. The Morgan fingerprint density at radius 3 is 2.40 bits per heavy atom. The monoisotopic (exact) mass is 382 g/mol. The van der Waals surface area contributed by atoms with Crippen molar-refractivity contribution in [2.45, 2.75) is 25.9 Å². The number of carbonyl (C=O) groups is 2. The smallest absolute Gasteiger partial charge is 0.338 e. The molecule has 2 rings (SSSR count). The van der Waals surface area contributed by atoms with Crippen molar-refractivity contribution in [2.24, 2.45) is 0 Å². The van der Waals surface area contributed by atoms with Crippen LogP contribution in [0.15, 0.2) is 48.1 Å². The summed E-state index contributed by atoms with van der Waals surface area (Å²) in [6, 6.07) is 7.54. The van der Waals surface area contributed by atoms with Crippen LogP contribution in [-0.2, 0) is 27.4 Å². The number of ether oxygens (including phenoxy) is 1. The molecule has 0 amide bonds. The lowest BCUT2D eigenvalue weighted by atomic mass is 10.1. The van der Waals surface area contributed by atoms with Gasteiger partial charge >= 0.3 is 5.97 Å². The molecule has 3 nitrogen and oxygen atoms in total. The third kappa shape index (κ3) is 4.59. The second kappa shape index (κ2) is 7.38. The van der Waals surface area contributed by atoms with Crippen LogP contribution in [0.4, 0.5) is 0 Å². The molecule has 0 bridgehead atoms. The Bertz CT molecular complexity index is 556. The minimum atomic E-state index is -0.285. The molecule has 1 aliphatic rings. The molecule has 1 aromatic carbocycles. The van der Waals surface area contributed by atoms with E-state index in [-0.39, 0.29) is 16.4 Å². The van der Waals surface area contributed by atoms with Crippen molar-refractivity contribution in [3.05, 3.63) is 59.2 Å². The summed E-state index contributed by atoms with van der Waals surface area (Å²) in [5.41, 5.74) is 2.52. The van der Waals surface area contributed by atoms with Gasteiger partial charge < -0.3 is 4.74 Å². The van der Waals surface area contributed by atoms with Crippen molar-refractivity contribution in [2.75, 3.05) is 0 Å². The fourth-order valence-electron chi connectivity index (χ4n) is 1.91. The van der Waals surface area contributed by atoms with Crippen LogP contribution in [0.2, 0.25) is 0 Å². The number of hydrogen-bond acceptors (Lipinski definition) is 3. The molecule has 4 heteroatoms. The van der Waals surface area contributed by atoms with Crippen LogP contribution < -0.4 is 0 Å². The van der Waals surface area contributed by atoms with E-state index in [9.17, 15) is 9.59 Å². The van der Waals surface area contributed by atoms with Crippen LogP contribution in [0, 0.1) is 0 Å². The van der Waals surface area contributed by atoms with E-state index in [0.29, 0.717) is 12.0 Å². The third-order valence-electron chi connectivity index (χ3n) is 2.97. The Kier molecular flexibility index (Phi) is 5.52. The molecule has 0 saturated carbocycles. The largest absolute Gasteiger partial charge is 0.457 e. The van der Waals surface area contributed by atoms with Crippen molar-refractivity contribution < 1.29 is 14.3 Å². The highest BCUT2D eigenvalue weighted by molar-refractivity contribution is 14.1. The summed E-state index contributed by atoms with van der Waals surface area (Å²) in [4.78, 5) is 22.8. The molecule has 1 aliphatic carbocycles. The lowest BCUT2D eigenvalue weighted by Gasteiger charge is -2.08. The van der Waals surface area contributed by atoms with Gasteiger partial charge in [-0.25, -0.2) is 4.79 Å². The predicted molar refractivity (Wildman–Crippen MR) is 85.4 cm³/mol. The van der Waals surface area contributed by atoms with Gasteiger partial charge in [0, 0.05) is 6.42 Å². The van der Waals surface area contributed by atoms with E-state index in [1.54, 1.807) is 28.7 Å². The Morgan fingerprint density at radius 2 is 1.80 bits per heavy atom. The van der Waals surface area contributed by atoms with Crippen LogP contribution in [0.25, 0.3) is 0 Å². The highest BCUT2D eigenvalue weighted by Gasteiger charge is 2.10. The van der Waals surface area contributed by atoms with E-state index in [2.05, 4.69) is 0 Å². The number of benzene rings is 1. The Morgan fingerprint density at radius 1 is 1.10 bits per heavy atom. The lowest BCUT2D eigenvalue weighted by Crippen LogP contribution is -2.07. The van der Waals surface area contributed by atoms with E-state index >= 15 is 0 Å². The quantitative estimate of drug-likeness (QED) is 0.445. The van der Waals surface area contributed by atoms with Crippen LogP contribution in [0.3, 0.4) is 0 Å². The number of halogens is 1. The Labute approximate surface area is 131 Å². The molecular formula is C16H15IO3. The summed E-state index contributed by atoms with van der Waals surface area (Å²) in [5, 5.41) is 0. The molecule has 0 saturated heterocycles. The highest BCUT2D eigenvalue weighted by Crippen LogP contribution is 2.13. The van der Waals surface area contributed by atoms with Gasteiger partial charge in [-0.2, -0.15) is 0 Å². The first kappa shape index (κ1) is 15.0. The number of hydrogen-bond donors (Lipinski definition) is 0. The van der Waals surface area contributed by atoms with Crippen molar-refractivity contribution in [1.29, 1.82) is 0 Å². The summed E-state index contributed by atoms with van der Waals surface area (Å²) >= 11 is 1.78. The SMILES string of the molecule is O=C(I)Cc1ccc(COC(=O)C2=CCCC=C2)cc1. The number of allylic oxidation sites excluding steroid dienone is 2. The van der Waals surface area contributed by atoms with Gasteiger partial charge in [0.05, 0.1) is 5.57 Å². The number of carbonyl (C=O) groups excluding carboxylic acids is 2. The molecule has 1 aromatic rings. The molecule has 0 spiro atoms. The fraction of sp³-hybridized carbons (Fsp3) is 0.250. The van der Waals surface area contributed by atoms with Gasteiger partial charge in [-0.3, -0.25) is 4.79 Å². The van der Waals surface area contributed by atoms with Gasteiger partial charge in [0.25, 0.3) is 0 Å². The highest BCUT2D eigenvalue weighted by atomic mass is 127. The minimum Gasteiger partial charge on any atom is -0.457 e. The maximum atomic E-state index is 11.8. The Hall–Kier alpha value is -1.43. The zero-order chi connectivity index (χ0) is 14.4. The third-order valence-corrected chi connectivity index (χ3v) is 3.35. The first-order valence-electron chi connectivity index (χ1n) is 6.45. The van der Waals surface area contributed by atoms with Crippen molar-refractivity contribution >= 4 is 32.4 Å². The first-order chi connectivity index (χ1) is 9.65. The van der Waals surface area contributed by atoms with Gasteiger partial charge in [-0.15, -0.1) is 0 Å². The first-order valence-corrected chi connectivity index (χ1v) is 7.53. The number of esters is 1. The van der Waals surface area contributed by atoms with Gasteiger partial charge in [-0.1, -0.05) is 42.5 Å². The van der Waals surface area contributed by atoms with E-state index in [1.165, 1.54) is 0 Å². The van der Waals surface area contributed by atoms with Crippen LogP contribution in [0.5, 0.6) is 0 Å². The molecule has 0 fully saturated rings. The topological polar surface area (TPSA) is 43.4 Å². The van der Waals surface area contributed by atoms with Gasteiger partial charge in [-0.05, 0) is 46.6 Å². The maximum absolute atomic E-state index is 11.8. The summed E-state index contributed by atoms with van der Waals surface area (Å²) in [5.74, 6) is -0.285. The van der Waals surface area contributed by atoms with Crippen LogP contribution in [-0.4, -0.2) is 9.76 Å². The molecule has 20 heavy (non-hydrogen) atoms. The average molecular weight is 382 g/mol. The molecule has 0 N–H and O–H groups in total. The van der Waals surface area contributed by atoms with E-state index in [0.717, 1.165) is 24.0 Å². The zero-order valence-corrected chi connectivity index (χ0v) is 13.1. The minimum absolute atomic E-state index is 0.109. The zero-order valence-electron chi connectivity index (χ0n) is 11.0. The second-order valence-corrected chi connectivity index (χ2v) is 5.77. The maximum Gasteiger partial charge on any atom is 0.338 e. The Balaban J connectivity index is 1.87. The summed E-state index contributed by atoms with van der Waals surface area (Å²) in [6.45, 7) is 0.252. The van der Waals surface area contributed by atoms with Crippen LogP contribution in [0.1, 0.15) is 24.0 Å². The average Bonchev–Trinajstić information content (AvgIpc) is 2.46. The molecule has 0 heterocycles. The molecule has 0 aromatic heterocycles. The van der Waals surface area contributed by atoms with Gasteiger partial charge in [0.1, 0.15) is 6.61 Å². The molecule has 0 unspecified atom stereocenters. The number of rotatable bonds is 5. The lowest BCUT2D eigenvalue weighted by molar-refractivity contribution is -0.139. The summed E-state index contributed by atoms with van der Waals surface area (Å²) in [6.07, 6.45) is 7.98. The van der Waals surface area contributed by atoms with E-state index in [1.807, 2.05) is 36.4 Å². The summed E-state index contributed by atoms with van der Waals surface area (Å²) < 4.78 is 5.37. The molecule has 0 radical (unpaired) electrons. The fourth-order valence-corrected chi connectivity index (χ4v) is 2.35. The van der Waals surface area contributed by atoms with Crippen molar-refractivity contribution in [3.8, 4) is 0 Å². The van der Waals surface area contributed by atoms with Crippen molar-refractivity contribution in [3.63, 3.8) is 0 Å². The second-order valence-electron chi connectivity index (χ2n) is 4.56. The predicted octanol–water partition coefficient (Wildman–Crippen LogP) is 3.51. The van der Waals surface area contributed by atoms with Gasteiger partial charge in [0.15, 0.2) is 3.79 Å². The summed E-state index contributed by atoms with van der Waals surface area (Å²) in [7, 11) is 0. The molecule has 104 valence electrons. The van der Waals surface area contributed by atoms with E-state index in [4.69, 9.17) is 4.74 Å². The molecule has 0 aliphatic heterocycles. The molecule has 0 atom stereocenters. The standard InChI is InChI=1S/C16H15IO3/c17-15(18)10-12-6-8-13(9-7-12)11-20-16(19)14-4-2-1-3-5-14/h2,4-9H,1,3,10-11H2.